The van der Waals surface area contributed by atoms with Gasteiger partial charge in [0.1, 0.15) is 12.7 Å². The van der Waals surface area contributed by atoms with Gasteiger partial charge in [-0.15, -0.1) is 0 Å². The van der Waals surface area contributed by atoms with Crippen molar-refractivity contribution in [1.29, 1.82) is 0 Å². The Labute approximate surface area is 387 Å². The van der Waals surface area contributed by atoms with Crippen molar-refractivity contribution in [3.8, 4) is 0 Å². The van der Waals surface area contributed by atoms with Crippen molar-refractivity contribution in [2.75, 3.05) is 26.4 Å². The minimum absolute atomic E-state index is 0.139. The molecule has 0 aliphatic rings. The molecule has 0 heterocycles. The lowest BCUT2D eigenvalue weighted by atomic mass is 10.0. The number of allylic oxidation sites excluding steroid dienone is 4. The topological polar surface area (TPSA) is 149 Å². The summed E-state index contributed by atoms with van der Waals surface area (Å²) in [5.41, 5.74) is 0. The number of ether oxygens (including phenoxy) is 2. The number of phosphoric acid groups is 1. The number of hydrogen-bond donors (Lipinski definition) is 3. The van der Waals surface area contributed by atoms with Crippen LogP contribution in [0.15, 0.2) is 24.3 Å². The van der Waals surface area contributed by atoms with E-state index in [2.05, 4.69) is 38.2 Å². The van der Waals surface area contributed by atoms with Crippen LogP contribution in [-0.2, 0) is 32.7 Å². The van der Waals surface area contributed by atoms with Crippen molar-refractivity contribution in [2.45, 2.75) is 270 Å². The lowest BCUT2D eigenvalue weighted by Crippen LogP contribution is -2.29. The van der Waals surface area contributed by atoms with Gasteiger partial charge in [-0.2, -0.15) is 0 Å². The first-order valence-electron chi connectivity index (χ1n) is 26.3. The van der Waals surface area contributed by atoms with Gasteiger partial charge in [0.15, 0.2) is 6.10 Å². The SMILES string of the molecule is CCCCCCCC/C=C/CCCCCCCCCC(=O)OC[C@H](COP(=O)(O)OC[C@@H](O)CO)OC(=O)CCC/C=C/CCCCCCCCCCCCCCCCCCCC. The number of phosphoric ester groups is 1. The van der Waals surface area contributed by atoms with E-state index >= 15 is 0 Å². The highest BCUT2D eigenvalue weighted by molar-refractivity contribution is 7.47. The minimum Gasteiger partial charge on any atom is -0.462 e. The van der Waals surface area contributed by atoms with Crippen molar-refractivity contribution < 1.29 is 47.8 Å². The van der Waals surface area contributed by atoms with Crippen LogP contribution >= 0.6 is 7.82 Å². The van der Waals surface area contributed by atoms with Crippen molar-refractivity contribution in [1.82, 2.24) is 0 Å². The quantitative estimate of drug-likeness (QED) is 0.0233. The summed E-state index contributed by atoms with van der Waals surface area (Å²) >= 11 is 0. The molecule has 0 rings (SSSR count). The number of unbranched alkanes of at least 4 members (excludes halogenated alkanes) is 32. The maximum absolute atomic E-state index is 12.7. The molecule has 11 heteroatoms. The van der Waals surface area contributed by atoms with Crippen LogP contribution in [0, 0.1) is 0 Å². The lowest BCUT2D eigenvalue weighted by molar-refractivity contribution is -0.161. The molecule has 0 bridgehead atoms. The number of rotatable bonds is 50. The molecule has 0 aliphatic heterocycles. The standard InChI is InChI=1S/C52H99O10P/c1-3-5-7-9-11-13-15-17-19-21-22-23-24-25-26-28-30-32-34-36-38-40-42-44-52(56)62-50(48-61-63(57,58)60-46-49(54)45-53)47-59-51(55)43-41-39-37-35-33-31-29-27-20-18-16-14-12-10-8-6-4-2/h18,20,36,38,49-50,53-54H,3-17,19,21-35,37,39-48H2,1-2H3,(H,57,58)/b20-18+,38-36+/t49-,50+/m0/s1. The summed E-state index contributed by atoms with van der Waals surface area (Å²) in [6, 6.07) is 0. The highest BCUT2D eigenvalue weighted by atomic mass is 31.2. The predicted octanol–water partition coefficient (Wildman–Crippen LogP) is 14.9. The first-order chi connectivity index (χ1) is 30.7. The molecule has 0 aliphatic carbocycles. The summed E-state index contributed by atoms with van der Waals surface area (Å²) < 4.78 is 32.8. The first-order valence-corrected chi connectivity index (χ1v) is 27.8. The predicted molar refractivity (Wildman–Crippen MR) is 261 cm³/mol. The Bertz CT molecular complexity index is 1100. The first kappa shape index (κ1) is 61.5. The van der Waals surface area contributed by atoms with Gasteiger partial charge in [0, 0.05) is 12.8 Å². The average Bonchev–Trinajstić information content (AvgIpc) is 3.27. The molecule has 0 saturated carbocycles. The van der Waals surface area contributed by atoms with Crippen LogP contribution < -0.4 is 0 Å². The van der Waals surface area contributed by atoms with E-state index in [-0.39, 0.29) is 19.4 Å². The number of carbonyl (C=O) groups excluding carboxylic acids is 2. The molecule has 0 aromatic heterocycles. The second-order valence-corrected chi connectivity index (χ2v) is 19.3. The zero-order chi connectivity index (χ0) is 46.2. The minimum atomic E-state index is -4.63. The number of esters is 2. The van der Waals surface area contributed by atoms with E-state index in [0.717, 1.165) is 38.5 Å². The zero-order valence-corrected chi connectivity index (χ0v) is 41.7. The smallest absolute Gasteiger partial charge is 0.462 e. The zero-order valence-electron chi connectivity index (χ0n) is 40.8. The summed E-state index contributed by atoms with van der Waals surface area (Å²) in [5, 5.41) is 18.4. The van der Waals surface area contributed by atoms with Gasteiger partial charge < -0.3 is 24.6 Å². The maximum atomic E-state index is 12.7. The van der Waals surface area contributed by atoms with E-state index in [0.29, 0.717) is 12.8 Å². The molecule has 0 amide bonds. The fraction of sp³-hybridized carbons (Fsp3) is 0.885. The van der Waals surface area contributed by atoms with E-state index in [4.69, 9.17) is 23.6 Å². The Hall–Kier alpha value is -1.55. The summed E-state index contributed by atoms with van der Waals surface area (Å²) in [5.74, 6) is -0.955. The van der Waals surface area contributed by atoms with Crippen LogP contribution in [0.25, 0.3) is 0 Å². The Balaban J connectivity index is 4.17. The molecule has 0 fully saturated rings. The highest BCUT2D eigenvalue weighted by Crippen LogP contribution is 2.43. The highest BCUT2D eigenvalue weighted by Gasteiger charge is 2.27. The third-order valence-corrected chi connectivity index (χ3v) is 12.5. The van der Waals surface area contributed by atoms with Gasteiger partial charge >= 0.3 is 19.8 Å². The monoisotopic (exact) mass is 915 g/mol. The van der Waals surface area contributed by atoms with Crippen LogP contribution in [0.4, 0.5) is 0 Å². The van der Waals surface area contributed by atoms with Crippen molar-refractivity contribution in [3.63, 3.8) is 0 Å². The van der Waals surface area contributed by atoms with E-state index in [9.17, 15) is 24.2 Å². The lowest BCUT2D eigenvalue weighted by Gasteiger charge is -2.20. The van der Waals surface area contributed by atoms with Crippen LogP contribution in [0.2, 0.25) is 0 Å². The third kappa shape index (κ3) is 48.2. The fourth-order valence-electron chi connectivity index (χ4n) is 7.52. The maximum Gasteiger partial charge on any atom is 0.472 e. The van der Waals surface area contributed by atoms with Gasteiger partial charge in [0.25, 0.3) is 0 Å². The Kier molecular flexibility index (Phi) is 47.2. The molecule has 63 heavy (non-hydrogen) atoms. The normalized spacial score (nSPS) is 13.8. The second kappa shape index (κ2) is 48.4. The number of aliphatic hydroxyl groups is 2. The van der Waals surface area contributed by atoms with Crippen LogP contribution in [0.3, 0.4) is 0 Å². The van der Waals surface area contributed by atoms with Gasteiger partial charge in [-0.3, -0.25) is 18.6 Å². The molecule has 372 valence electrons. The molecule has 0 aromatic rings. The molecule has 1 unspecified atom stereocenters. The molecule has 0 aromatic carbocycles. The van der Waals surface area contributed by atoms with Gasteiger partial charge in [-0.1, -0.05) is 212 Å². The van der Waals surface area contributed by atoms with Gasteiger partial charge in [0.2, 0.25) is 0 Å². The van der Waals surface area contributed by atoms with E-state index in [1.165, 1.54) is 180 Å². The number of hydrogen-bond acceptors (Lipinski definition) is 9. The van der Waals surface area contributed by atoms with Gasteiger partial charge in [0.05, 0.1) is 19.8 Å². The summed E-state index contributed by atoms with van der Waals surface area (Å²) in [4.78, 5) is 35.2. The number of aliphatic hydroxyl groups excluding tert-OH is 2. The summed E-state index contributed by atoms with van der Waals surface area (Å²) in [7, 11) is -4.63. The summed E-state index contributed by atoms with van der Waals surface area (Å²) in [6.07, 6.45) is 51.6. The fourth-order valence-corrected chi connectivity index (χ4v) is 8.31. The van der Waals surface area contributed by atoms with Crippen LogP contribution in [-0.4, -0.2) is 65.7 Å². The average molecular weight is 915 g/mol. The molecule has 0 spiro atoms. The van der Waals surface area contributed by atoms with E-state index < -0.39 is 51.8 Å². The van der Waals surface area contributed by atoms with Gasteiger partial charge in [-0.25, -0.2) is 4.57 Å². The third-order valence-electron chi connectivity index (χ3n) is 11.6. The molecule has 0 radical (unpaired) electrons. The summed E-state index contributed by atoms with van der Waals surface area (Å²) in [6.45, 7) is 2.39. The van der Waals surface area contributed by atoms with Crippen molar-refractivity contribution in [2.24, 2.45) is 0 Å². The second-order valence-electron chi connectivity index (χ2n) is 17.9. The molecule has 0 saturated heterocycles. The Morgan fingerprint density at radius 3 is 1.19 bits per heavy atom. The molecular weight excluding hydrogens is 816 g/mol. The Morgan fingerprint density at radius 2 is 0.794 bits per heavy atom. The molecule has 10 nitrogen and oxygen atoms in total. The molecular formula is C52H99O10P. The van der Waals surface area contributed by atoms with E-state index in [1.54, 1.807) is 0 Å². The van der Waals surface area contributed by atoms with Gasteiger partial charge in [-0.05, 0) is 57.8 Å². The van der Waals surface area contributed by atoms with Crippen LogP contribution in [0.5, 0.6) is 0 Å². The molecule has 3 atom stereocenters. The molecule has 3 N–H and O–H groups in total. The van der Waals surface area contributed by atoms with Crippen LogP contribution in [0.1, 0.15) is 258 Å². The van der Waals surface area contributed by atoms with Crippen molar-refractivity contribution >= 4 is 19.8 Å². The van der Waals surface area contributed by atoms with Crippen molar-refractivity contribution in [3.05, 3.63) is 24.3 Å². The van der Waals surface area contributed by atoms with E-state index in [1.807, 2.05) is 0 Å². The Morgan fingerprint density at radius 1 is 0.460 bits per heavy atom. The largest absolute Gasteiger partial charge is 0.472 e. The number of carbonyl (C=O) groups is 2.